The first kappa shape index (κ1) is 31.4. The molecule has 0 rings (SSSR count). The van der Waals surface area contributed by atoms with Gasteiger partial charge in [-0.2, -0.15) is 0 Å². The van der Waals surface area contributed by atoms with Gasteiger partial charge in [-0.1, -0.05) is 77.6 Å². The summed E-state index contributed by atoms with van der Waals surface area (Å²) in [6.07, 6.45) is 24.6. The van der Waals surface area contributed by atoms with Gasteiger partial charge in [0, 0.05) is 0 Å². The summed E-state index contributed by atoms with van der Waals surface area (Å²) < 4.78 is 28.1. The second-order valence-corrected chi connectivity index (χ2v) is 10.1. The molecule has 0 aromatic heterocycles. The van der Waals surface area contributed by atoms with Gasteiger partial charge in [0.2, 0.25) is 0 Å². The second-order valence-electron chi connectivity index (χ2n) is 7.48. The van der Waals surface area contributed by atoms with Crippen LogP contribution in [-0.2, 0) is 14.3 Å². The molecule has 0 N–H and O–H groups in total. The average molecular weight is 492 g/mol. The Balaban J connectivity index is 0. The van der Waals surface area contributed by atoms with Crippen LogP contribution in [0.4, 0.5) is 0 Å². The molecule has 3 nitrogen and oxygen atoms in total. The average Bonchev–Trinajstić information content (AvgIpc) is 2.64. The van der Waals surface area contributed by atoms with E-state index in [1.807, 2.05) is 6.08 Å². The van der Waals surface area contributed by atoms with Crippen LogP contribution in [0.5, 0.6) is 0 Å². The van der Waals surface area contributed by atoms with Crippen LogP contribution in [0.25, 0.3) is 0 Å². The van der Waals surface area contributed by atoms with Gasteiger partial charge in [0.15, 0.2) is 0 Å². The summed E-state index contributed by atoms with van der Waals surface area (Å²) in [6, 6.07) is 0. The summed E-state index contributed by atoms with van der Waals surface area (Å²) in [5, 5.41) is 0.886. The van der Waals surface area contributed by atoms with Crippen LogP contribution < -0.4 is 0 Å². The minimum absolute atomic E-state index is 0. The van der Waals surface area contributed by atoms with Crippen molar-refractivity contribution in [2.45, 2.75) is 115 Å². The predicted molar refractivity (Wildman–Crippen MR) is 128 cm³/mol. The van der Waals surface area contributed by atoms with Gasteiger partial charge in [-0.25, -0.2) is 0 Å². The molecule has 0 aliphatic rings. The number of rotatable bonds is 21. The fourth-order valence-electron chi connectivity index (χ4n) is 3.06. The van der Waals surface area contributed by atoms with E-state index in [-0.39, 0.29) is 35.3 Å². The SMILES string of the molecule is CCCCCCCCCCCCCCCCC=CCS(=O)(=O)OCCC[SeH].[NaH]. The van der Waals surface area contributed by atoms with Crippen molar-refractivity contribution in [1.82, 2.24) is 0 Å². The third kappa shape index (κ3) is 25.2. The summed E-state index contributed by atoms with van der Waals surface area (Å²) in [7, 11) is -3.37. The van der Waals surface area contributed by atoms with Crippen LogP contribution in [0.2, 0.25) is 5.32 Å². The van der Waals surface area contributed by atoms with Crippen molar-refractivity contribution in [1.29, 1.82) is 0 Å². The van der Waals surface area contributed by atoms with Crippen molar-refractivity contribution in [2.24, 2.45) is 0 Å². The van der Waals surface area contributed by atoms with Crippen molar-refractivity contribution in [3.8, 4) is 0 Å². The van der Waals surface area contributed by atoms with Gasteiger partial charge < -0.3 is 0 Å². The van der Waals surface area contributed by atoms with Crippen molar-refractivity contribution in [3.05, 3.63) is 12.2 Å². The molecule has 0 aromatic carbocycles. The third-order valence-electron chi connectivity index (χ3n) is 4.76. The van der Waals surface area contributed by atoms with Crippen LogP contribution in [0.15, 0.2) is 12.2 Å². The van der Waals surface area contributed by atoms with Gasteiger partial charge >= 0.3 is 130 Å². The zero-order valence-corrected chi connectivity index (χ0v) is 20.4. The van der Waals surface area contributed by atoms with E-state index >= 15 is 0 Å². The Morgan fingerprint density at radius 2 is 1.18 bits per heavy atom. The summed E-state index contributed by atoms with van der Waals surface area (Å²) in [5.74, 6) is 0.00414. The molecule has 0 spiro atoms. The molecular formula is C22H45NaO3SSe. The van der Waals surface area contributed by atoms with Gasteiger partial charge in [-0.05, 0) is 0 Å². The Kier molecular flexibility index (Phi) is 27.4. The van der Waals surface area contributed by atoms with E-state index in [0.717, 1.165) is 24.6 Å². The molecular weight excluding hydrogens is 446 g/mol. The molecule has 0 aliphatic heterocycles. The molecule has 0 saturated heterocycles. The Hall–Kier alpha value is 1.17. The van der Waals surface area contributed by atoms with Crippen LogP contribution in [0.3, 0.4) is 0 Å². The molecule has 164 valence electrons. The Labute approximate surface area is 206 Å². The molecule has 0 atom stereocenters. The molecule has 0 radical (unpaired) electrons. The molecule has 0 aliphatic carbocycles. The number of hydrogen-bond donors (Lipinski definition) is 0. The van der Waals surface area contributed by atoms with E-state index in [4.69, 9.17) is 4.18 Å². The van der Waals surface area contributed by atoms with E-state index in [1.54, 1.807) is 6.08 Å². The van der Waals surface area contributed by atoms with Gasteiger partial charge in [0.05, 0.1) is 0 Å². The molecule has 0 heterocycles. The van der Waals surface area contributed by atoms with Gasteiger partial charge in [0.25, 0.3) is 0 Å². The Bertz CT molecular complexity index is 427. The van der Waals surface area contributed by atoms with Crippen molar-refractivity contribution in [2.75, 3.05) is 12.4 Å². The van der Waals surface area contributed by atoms with Gasteiger partial charge in [-0.3, -0.25) is 0 Å². The topological polar surface area (TPSA) is 43.4 Å². The first-order chi connectivity index (χ1) is 13.1. The molecule has 6 heteroatoms. The van der Waals surface area contributed by atoms with Crippen molar-refractivity contribution < 1.29 is 12.6 Å². The predicted octanol–water partition coefficient (Wildman–Crippen LogP) is 5.82. The van der Waals surface area contributed by atoms with E-state index in [9.17, 15) is 8.42 Å². The standard InChI is InChI=1S/C22H44O3SSe.Na.H/c1-2-3-4-5-6-7-8-9-10-11-12-13-14-15-16-17-18-21-26(23,24)25-20-19-22-27;;/h17-18,27H,2-16,19-22H2,1H3;;. The maximum atomic E-state index is 11.6. The quantitative estimate of drug-likeness (QED) is 0.0879. The molecule has 0 amide bonds. The first-order valence-electron chi connectivity index (χ1n) is 11.3. The molecule has 0 bridgehead atoms. The van der Waals surface area contributed by atoms with E-state index in [0.29, 0.717) is 6.61 Å². The monoisotopic (exact) mass is 492 g/mol. The van der Waals surface area contributed by atoms with Crippen LogP contribution >= 0.6 is 0 Å². The van der Waals surface area contributed by atoms with E-state index in [2.05, 4.69) is 22.9 Å². The van der Waals surface area contributed by atoms with Crippen LogP contribution in [-0.4, -0.2) is 66.3 Å². The Morgan fingerprint density at radius 1 is 0.714 bits per heavy atom. The summed E-state index contributed by atoms with van der Waals surface area (Å²) in [6.45, 7) is 2.57. The molecule has 0 aromatic rings. The van der Waals surface area contributed by atoms with Crippen LogP contribution in [0, 0.1) is 0 Å². The van der Waals surface area contributed by atoms with E-state index < -0.39 is 10.1 Å². The summed E-state index contributed by atoms with van der Waals surface area (Å²) in [5.41, 5.74) is 0. The summed E-state index contributed by atoms with van der Waals surface area (Å²) >= 11 is 2.43. The van der Waals surface area contributed by atoms with Crippen LogP contribution in [0.1, 0.15) is 110 Å². The normalized spacial score (nSPS) is 11.8. The number of allylic oxidation sites excluding steroid dienone is 1. The minimum atomic E-state index is -3.37. The zero-order valence-electron chi connectivity index (χ0n) is 17.7. The van der Waals surface area contributed by atoms with Crippen molar-refractivity contribution >= 4 is 55.7 Å². The third-order valence-corrected chi connectivity index (χ3v) is 6.55. The molecule has 0 fully saturated rings. The maximum absolute atomic E-state index is 11.6. The van der Waals surface area contributed by atoms with Gasteiger partial charge in [-0.15, -0.1) is 0 Å². The molecule has 0 unspecified atom stereocenters. The second kappa shape index (κ2) is 24.4. The molecule has 0 saturated carbocycles. The number of unbranched alkanes of at least 4 members (excludes halogenated alkanes) is 14. The first-order valence-corrected chi connectivity index (χ1v) is 14.2. The Morgan fingerprint density at radius 3 is 1.64 bits per heavy atom. The van der Waals surface area contributed by atoms with Crippen molar-refractivity contribution in [3.63, 3.8) is 0 Å². The summed E-state index contributed by atoms with van der Waals surface area (Å²) in [4.78, 5) is 0. The van der Waals surface area contributed by atoms with E-state index in [1.165, 1.54) is 83.5 Å². The van der Waals surface area contributed by atoms with Gasteiger partial charge in [0.1, 0.15) is 0 Å². The fourth-order valence-corrected chi connectivity index (χ4v) is 4.17. The molecule has 28 heavy (non-hydrogen) atoms. The number of hydrogen-bond acceptors (Lipinski definition) is 3. The fraction of sp³-hybridized carbons (Fsp3) is 0.909. The zero-order chi connectivity index (χ0) is 20.1.